The standard InChI is InChI=1S/C47H65N9O8/c1-29-25-34(57)26-30(2)35(29)28-38(53-40(58)36(18-14-24-50-43(48)49)54-45(61)63-47(6,7)8)41(59)52-37(17-12-13-23-51-44(60)62-46(3,4)5)42-55-39(56-64-42)27-31-19-21-33(22-20-31)32-15-10-9-11-16-32/h9-11,15-16,19-22,25-26,36-38,57H,12-14,17-18,23-24,27-28H2,1-8H3,(H,51,60)(H,52,59)(H,53,58)(H,54,61)(H4,48,49,50)/t36-,37+,38+/m1/s1. The van der Waals surface area contributed by atoms with E-state index in [1.165, 1.54) is 0 Å². The van der Waals surface area contributed by atoms with Crippen molar-refractivity contribution in [2.45, 2.75) is 130 Å². The maximum absolute atomic E-state index is 14.6. The van der Waals surface area contributed by atoms with Gasteiger partial charge in [0.15, 0.2) is 11.8 Å². The van der Waals surface area contributed by atoms with Crippen LogP contribution in [-0.4, -0.2) is 81.6 Å². The molecule has 3 atom stereocenters. The Morgan fingerprint density at radius 3 is 1.97 bits per heavy atom. The normalized spacial score (nSPS) is 12.9. The highest BCUT2D eigenvalue weighted by Gasteiger charge is 2.32. The Bertz CT molecular complexity index is 2160. The summed E-state index contributed by atoms with van der Waals surface area (Å²) in [7, 11) is 0. The molecule has 346 valence electrons. The predicted molar refractivity (Wildman–Crippen MR) is 243 cm³/mol. The highest BCUT2D eigenvalue weighted by molar-refractivity contribution is 5.91. The SMILES string of the molecule is Cc1cc(O)cc(C)c1C[C@H](NC(=O)[C@@H](CCCNC(=N)N)NC(=O)OC(C)(C)C)C(=O)N[C@@H](CCCCNC(=O)OC(C)(C)C)c1nc(Cc2ccc(-c3ccccc3)cc2)no1. The smallest absolute Gasteiger partial charge is 0.408 e. The number of hydrogen-bond acceptors (Lipinski definition) is 11. The third-order valence-electron chi connectivity index (χ3n) is 9.82. The highest BCUT2D eigenvalue weighted by Crippen LogP contribution is 2.25. The zero-order chi connectivity index (χ0) is 47.0. The Kier molecular flexibility index (Phi) is 18.1. The number of alkyl carbamates (subject to hydrolysis) is 2. The lowest BCUT2D eigenvalue weighted by Gasteiger charge is -2.27. The molecule has 0 bridgehead atoms. The lowest BCUT2D eigenvalue weighted by molar-refractivity contribution is -0.130. The first kappa shape index (κ1) is 50.0. The average Bonchev–Trinajstić information content (AvgIpc) is 3.66. The molecule has 64 heavy (non-hydrogen) atoms. The number of aryl methyl sites for hydroxylation is 2. The maximum Gasteiger partial charge on any atom is 0.408 e. The highest BCUT2D eigenvalue weighted by atomic mass is 16.6. The summed E-state index contributed by atoms with van der Waals surface area (Å²) in [6, 6.07) is 18.1. The zero-order valence-electron chi connectivity index (χ0n) is 38.2. The predicted octanol–water partition coefficient (Wildman–Crippen LogP) is 6.39. The van der Waals surface area contributed by atoms with Crippen LogP contribution in [0.2, 0.25) is 0 Å². The fourth-order valence-corrected chi connectivity index (χ4v) is 6.84. The Balaban J connectivity index is 1.60. The molecule has 0 spiro atoms. The van der Waals surface area contributed by atoms with Crippen LogP contribution in [0, 0.1) is 19.3 Å². The molecule has 3 aromatic carbocycles. The molecule has 0 saturated carbocycles. The fraction of sp³-hybridized carbons (Fsp3) is 0.468. The molecule has 1 heterocycles. The molecule has 4 rings (SSSR count). The van der Waals surface area contributed by atoms with E-state index in [0.717, 1.165) is 22.3 Å². The van der Waals surface area contributed by atoms with Crippen LogP contribution in [0.4, 0.5) is 9.59 Å². The van der Waals surface area contributed by atoms with Gasteiger partial charge in [0.1, 0.15) is 35.1 Å². The first-order chi connectivity index (χ1) is 30.2. The van der Waals surface area contributed by atoms with Crippen molar-refractivity contribution in [2.75, 3.05) is 13.1 Å². The third kappa shape index (κ3) is 17.3. The van der Waals surface area contributed by atoms with Gasteiger partial charge in [0, 0.05) is 25.9 Å². The molecule has 4 aromatic rings. The third-order valence-corrected chi connectivity index (χ3v) is 9.82. The zero-order valence-corrected chi connectivity index (χ0v) is 38.2. The molecule has 0 aliphatic carbocycles. The average molecular weight is 884 g/mol. The first-order valence-electron chi connectivity index (χ1n) is 21.6. The summed E-state index contributed by atoms with van der Waals surface area (Å²) < 4.78 is 16.6. The largest absolute Gasteiger partial charge is 0.508 e. The number of aromatic hydroxyl groups is 1. The Hall–Kier alpha value is -6.65. The maximum atomic E-state index is 14.6. The van der Waals surface area contributed by atoms with E-state index >= 15 is 0 Å². The summed E-state index contributed by atoms with van der Waals surface area (Å²) >= 11 is 0. The number of phenolic OH excluding ortho intramolecular Hbond substituents is 1. The van der Waals surface area contributed by atoms with Crippen molar-refractivity contribution in [2.24, 2.45) is 5.73 Å². The minimum atomic E-state index is -1.19. The molecule has 0 aliphatic rings. The molecule has 0 unspecified atom stereocenters. The van der Waals surface area contributed by atoms with E-state index < -0.39 is 53.3 Å². The lowest BCUT2D eigenvalue weighted by atomic mass is 9.95. The molecule has 0 radical (unpaired) electrons. The molecule has 9 N–H and O–H groups in total. The van der Waals surface area contributed by atoms with Gasteiger partial charge in [0.05, 0.1) is 0 Å². The number of hydrogen-bond donors (Lipinski definition) is 8. The van der Waals surface area contributed by atoms with Gasteiger partial charge < -0.3 is 51.4 Å². The number of guanidine groups is 1. The van der Waals surface area contributed by atoms with E-state index in [1.807, 2.05) is 54.6 Å². The summed E-state index contributed by atoms with van der Waals surface area (Å²) in [6.07, 6.45) is 0.873. The van der Waals surface area contributed by atoms with E-state index in [4.69, 9.17) is 30.1 Å². The van der Waals surface area contributed by atoms with E-state index in [0.29, 0.717) is 55.6 Å². The number of aromatic nitrogens is 2. The van der Waals surface area contributed by atoms with Gasteiger partial charge in [-0.2, -0.15) is 4.98 Å². The quantitative estimate of drug-likeness (QED) is 0.0273. The van der Waals surface area contributed by atoms with Crippen LogP contribution in [-0.2, 0) is 31.9 Å². The number of nitrogens with one attached hydrogen (secondary N) is 6. The number of benzene rings is 3. The first-order valence-corrected chi connectivity index (χ1v) is 21.6. The number of phenols is 1. The molecule has 0 fully saturated rings. The molecule has 17 nitrogen and oxygen atoms in total. The van der Waals surface area contributed by atoms with Crippen LogP contribution in [0.5, 0.6) is 5.75 Å². The van der Waals surface area contributed by atoms with Crippen molar-refractivity contribution < 1.29 is 38.3 Å². The van der Waals surface area contributed by atoms with Crippen molar-refractivity contribution in [3.63, 3.8) is 0 Å². The Labute approximate surface area is 375 Å². The second-order valence-electron chi connectivity index (χ2n) is 17.8. The number of carbonyl (C=O) groups excluding carboxylic acids is 4. The van der Waals surface area contributed by atoms with Gasteiger partial charge in [-0.3, -0.25) is 15.0 Å². The van der Waals surface area contributed by atoms with Crippen molar-refractivity contribution in [3.05, 3.63) is 101 Å². The Morgan fingerprint density at radius 2 is 1.34 bits per heavy atom. The number of nitrogens with two attached hydrogens (primary N) is 1. The molecular weight excluding hydrogens is 819 g/mol. The second-order valence-corrected chi connectivity index (χ2v) is 17.8. The summed E-state index contributed by atoms with van der Waals surface area (Å²) in [6.45, 7) is 14.6. The van der Waals surface area contributed by atoms with Crippen LogP contribution in [0.15, 0.2) is 71.3 Å². The molecule has 0 aliphatic heterocycles. The summed E-state index contributed by atoms with van der Waals surface area (Å²) in [5, 5.41) is 36.0. The minimum absolute atomic E-state index is 0.0289. The summed E-state index contributed by atoms with van der Waals surface area (Å²) in [5.74, 6) is -0.825. The summed E-state index contributed by atoms with van der Waals surface area (Å²) in [5.41, 5.74) is 9.20. The molecule has 17 heteroatoms. The number of carbonyl (C=O) groups is 4. The van der Waals surface area contributed by atoms with Crippen LogP contribution in [0.1, 0.15) is 114 Å². The van der Waals surface area contributed by atoms with Gasteiger partial charge >= 0.3 is 12.2 Å². The summed E-state index contributed by atoms with van der Waals surface area (Å²) in [4.78, 5) is 58.7. The molecule has 4 amide bonds. The van der Waals surface area contributed by atoms with Crippen molar-refractivity contribution in [3.8, 4) is 16.9 Å². The van der Waals surface area contributed by atoms with Gasteiger partial charge in [-0.05, 0) is 133 Å². The number of rotatable bonds is 20. The van der Waals surface area contributed by atoms with Gasteiger partial charge in [0.2, 0.25) is 17.7 Å². The van der Waals surface area contributed by atoms with E-state index in [-0.39, 0.29) is 37.0 Å². The molecular formula is C47H65N9O8. The number of nitrogens with zero attached hydrogens (tertiary/aromatic N) is 2. The van der Waals surface area contributed by atoms with Gasteiger partial charge in [-0.25, -0.2) is 9.59 Å². The van der Waals surface area contributed by atoms with E-state index in [2.05, 4.69) is 31.7 Å². The van der Waals surface area contributed by atoms with Crippen molar-refractivity contribution >= 4 is 30.0 Å². The topological polar surface area (TPSA) is 256 Å². The fourth-order valence-electron chi connectivity index (χ4n) is 6.84. The van der Waals surface area contributed by atoms with E-state index in [1.54, 1.807) is 67.5 Å². The van der Waals surface area contributed by atoms with Crippen molar-refractivity contribution in [1.29, 1.82) is 5.41 Å². The van der Waals surface area contributed by atoms with Crippen LogP contribution >= 0.6 is 0 Å². The second kappa shape index (κ2) is 23.2. The van der Waals surface area contributed by atoms with Gasteiger partial charge in [-0.1, -0.05) is 59.8 Å². The lowest BCUT2D eigenvalue weighted by Crippen LogP contribution is -2.55. The van der Waals surface area contributed by atoms with Gasteiger partial charge in [0.25, 0.3) is 0 Å². The number of unbranched alkanes of at least 4 members (excludes halogenated alkanes) is 1. The van der Waals surface area contributed by atoms with Crippen molar-refractivity contribution in [1.82, 2.24) is 36.7 Å². The molecule has 0 saturated heterocycles. The minimum Gasteiger partial charge on any atom is -0.508 e. The van der Waals surface area contributed by atoms with E-state index in [9.17, 15) is 24.3 Å². The molecule has 1 aromatic heterocycles. The van der Waals surface area contributed by atoms with Crippen LogP contribution < -0.4 is 32.3 Å². The van der Waals surface area contributed by atoms with Crippen LogP contribution in [0.3, 0.4) is 0 Å². The van der Waals surface area contributed by atoms with Crippen LogP contribution in [0.25, 0.3) is 11.1 Å². The number of amides is 4. The monoisotopic (exact) mass is 883 g/mol. The van der Waals surface area contributed by atoms with Gasteiger partial charge in [-0.15, -0.1) is 0 Å². The number of ether oxygens (including phenoxy) is 2. The Morgan fingerprint density at radius 1 is 0.750 bits per heavy atom.